The van der Waals surface area contributed by atoms with E-state index in [0.29, 0.717) is 0 Å². The van der Waals surface area contributed by atoms with Crippen molar-refractivity contribution in [2.24, 2.45) is 0 Å². The Balaban J connectivity index is 2.44. The minimum absolute atomic E-state index is 0.156. The normalized spacial score (nSPS) is 26.3. The van der Waals surface area contributed by atoms with Crippen molar-refractivity contribution in [3.8, 4) is 0 Å². The third-order valence-corrected chi connectivity index (χ3v) is 3.21. The number of nitrogens with zero attached hydrogens (tertiary/aromatic N) is 1. The summed E-state index contributed by atoms with van der Waals surface area (Å²) in [5.41, 5.74) is -0.214. The van der Waals surface area contributed by atoms with Gasteiger partial charge in [-0.15, -0.1) is 0 Å². The summed E-state index contributed by atoms with van der Waals surface area (Å²) in [6.45, 7) is 0. The maximum absolute atomic E-state index is 11.7. The summed E-state index contributed by atoms with van der Waals surface area (Å²) >= 11 is 0. The average molecular weight is 255 g/mol. The lowest BCUT2D eigenvalue weighted by molar-refractivity contribution is -0.164. The van der Waals surface area contributed by atoms with E-state index in [4.69, 9.17) is 0 Å². The van der Waals surface area contributed by atoms with Crippen molar-refractivity contribution in [3.05, 3.63) is 11.3 Å². The van der Waals surface area contributed by atoms with Gasteiger partial charge in [-0.3, -0.25) is 4.79 Å². The molecule has 0 spiro atoms. The molecule has 2 aliphatic rings. The maximum Gasteiger partial charge on any atom is 0.339 e. The van der Waals surface area contributed by atoms with Crippen molar-refractivity contribution in [1.29, 1.82) is 0 Å². The van der Waals surface area contributed by atoms with Crippen molar-refractivity contribution < 1.29 is 29.0 Å². The van der Waals surface area contributed by atoms with Crippen LogP contribution in [-0.2, 0) is 23.9 Å². The molecule has 18 heavy (non-hydrogen) atoms. The van der Waals surface area contributed by atoms with Gasteiger partial charge in [0.15, 0.2) is 6.04 Å². The van der Waals surface area contributed by atoms with Gasteiger partial charge in [-0.1, -0.05) is 0 Å². The first-order chi connectivity index (χ1) is 8.51. The highest BCUT2D eigenvalue weighted by Gasteiger charge is 2.52. The van der Waals surface area contributed by atoms with Crippen molar-refractivity contribution in [2.45, 2.75) is 24.9 Å². The molecular formula is C11H13NO6. The fourth-order valence-corrected chi connectivity index (χ4v) is 2.33. The average Bonchev–Trinajstić information content (AvgIpc) is 2.35. The zero-order valence-electron chi connectivity index (χ0n) is 10.0. The molecule has 1 fully saturated rings. The quantitative estimate of drug-likeness (QED) is 0.529. The zero-order valence-corrected chi connectivity index (χ0v) is 10.0. The largest absolute Gasteiger partial charge is 0.512 e. The standard InChI is InChI=1S/C11H13NO6/c1-17-10(15)8-6(13)3-5-4-7(14)12(5)9(8)11(16)18-2/h5,9,13H,3-4H2,1-2H3. The van der Waals surface area contributed by atoms with Crippen LogP contribution >= 0.6 is 0 Å². The Morgan fingerprint density at radius 3 is 2.44 bits per heavy atom. The second-order valence-electron chi connectivity index (χ2n) is 4.14. The van der Waals surface area contributed by atoms with Crippen LogP contribution in [0.15, 0.2) is 11.3 Å². The van der Waals surface area contributed by atoms with E-state index in [-0.39, 0.29) is 36.1 Å². The number of carbonyl (C=O) groups excluding carboxylic acids is 3. The molecule has 0 aromatic rings. The highest BCUT2D eigenvalue weighted by molar-refractivity contribution is 6.02. The van der Waals surface area contributed by atoms with E-state index in [0.717, 1.165) is 14.2 Å². The summed E-state index contributed by atoms with van der Waals surface area (Å²) in [5.74, 6) is -2.06. The first-order valence-corrected chi connectivity index (χ1v) is 5.40. The number of fused-ring (bicyclic) bond motifs is 1. The number of aliphatic hydroxyl groups is 1. The first kappa shape index (κ1) is 12.4. The zero-order chi connectivity index (χ0) is 13.4. The molecule has 98 valence electrons. The SMILES string of the molecule is COC(=O)C1=C(O)CC2CC(=O)N2C1C(=O)OC. The number of esters is 2. The molecule has 0 saturated carbocycles. The Hall–Kier alpha value is -2.05. The molecule has 7 nitrogen and oxygen atoms in total. The van der Waals surface area contributed by atoms with Crippen molar-refractivity contribution in [1.82, 2.24) is 4.90 Å². The van der Waals surface area contributed by atoms with Crippen LogP contribution in [0, 0.1) is 0 Å². The summed E-state index contributed by atoms with van der Waals surface area (Å²) in [7, 11) is 2.29. The van der Waals surface area contributed by atoms with Gasteiger partial charge < -0.3 is 19.5 Å². The summed E-state index contributed by atoms with van der Waals surface area (Å²) in [4.78, 5) is 36.1. The molecule has 2 atom stereocenters. The summed E-state index contributed by atoms with van der Waals surface area (Å²) in [5, 5.41) is 9.83. The van der Waals surface area contributed by atoms with Crippen LogP contribution < -0.4 is 0 Å². The molecule has 0 aliphatic carbocycles. The van der Waals surface area contributed by atoms with Crippen LogP contribution in [0.4, 0.5) is 0 Å². The number of carbonyl (C=O) groups is 3. The Kier molecular flexibility index (Phi) is 2.98. The Morgan fingerprint density at radius 2 is 1.94 bits per heavy atom. The van der Waals surface area contributed by atoms with Crippen molar-refractivity contribution >= 4 is 17.8 Å². The van der Waals surface area contributed by atoms with Gasteiger partial charge in [0.25, 0.3) is 0 Å². The van der Waals surface area contributed by atoms with Gasteiger partial charge in [-0.05, 0) is 0 Å². The first-order valence-electron chi connectivity index (χ1n) is 5.40. The number of rotatable bonds is 2. The molecule has 1 saturated heterocycles. The van der Waals surface area contributed by atoms with Crippen LogP contribution in [0.25, 0.3) is 0 Å². The van der Waals surface area contributed by atoms with Crippen molar-refractivity contribution in [3.63, 3.8) is 0 Å². The number of hydrogen-bond acceptors (Lipinski definition) is 6. The molecular weight excluding hydrogens is 242 g/mol. The molecule has 2 rings (SSSR count). The maximum atomic E-state index is 11.7. The Labute approximate surface area is 103 Å². The number of amides is 1. The molecule has 0 aromatic heterocycles. The Bertz CT molecular complexity index is 454. The predicted molar refractivity (Wildman–Crippen MR) is 57.3 cm³/mol. The Morgan fingerprint density at radius 1 is 1.28 bits per heavy atom. The van der Waals surface area contributed by atoms with E-state index < -0.39 is 18.0 Å². The van der Waals surface area contributed by atoms with Crippen LogP contribution in [0.3, 0.4) is 0 Å². The van der Waals surface area contributed by atoms with E-state index in [9.17, 15) is 19.5 Å². The summed E-state index contributed by atoms with van der Waals surface area (Å²) in [6, 6.07) is -1.46. The van der Waals surface area contributed by atoms with Crippen LogP contribution in [0.1, 0.15) is 12.8 Å². The summed E-state index contributed by atoms with van der Waals surface area (Å²) in [6.07, 6.45) is 0.412. The van der Waals surface area contributed by atoms with Gasteiger partial charge in [0.2, 0.25) is 5.91 Å². The van der Waals surface area contributed by atoms with Crippen molar-refractivity contribution in [2.75, 3.05) is 14.2 Å². The van der Waals surface area contributed by atoms with Gasteiger partial charge in [0, 0.05) is 18.9 Å². The van der Waals surface area contributed by atoms with Gasteiger partial charge in [-0.2, -0.15) is 0 Å². The van der Waals surface area contributed by atoms with Crippen LogP contribution in [-0.4, -0.2) is 54.2 Å². The molecule has 0 aromatic carbocycles. The molecule has 2 heterocycles. The molecule has 2 aliphatic heterocycles. The molecule has 0 bridgehead atoms. The van der Waals surface area contributed by atoms with Gasteiger partial charge in [0.05, 0.1) is 14.2 Å². The number of hydrogen-bond donors (Lipinski definition) is 1. The van der Waals surface area contributed by atoms with Gasteiger partial charge in [-0.25, -0.2) is 9.59 Å². The van der Waals surface area contributed by atoms with Crippen LogP contribution in [0.5, 0.6) is 0 Å². The van der Waals surface area contributed by atoms with Gasteiger partial charge in [0.1, 0.15) is 11.3 Å². The fourth-order valence-electron chi connectivity index (χ4n) is 2.33. The number of methoxy groups -OCH3 is 2. The lowest BCUT2D eigenvalue weighted by Gasteiger charge is -2.47. The van der Waals surface area contributed by atoms with E-state index >= 15 is 0 Å². The molecule has 1 amide bonds. The highest BCUT2D eigenvalue weighted by atomic mass is 16.5. The summed E-state index contributed by atoms with van der Waals surface area (Å²) < 4.78 is 9.10. The van der Waals surface area contributed by atoms with Gasteiger partial charge >= 0.3 is 11.9 Å². The number of ether oxygens (including phenoxy) is 2. The lowest BCUT2D eigenvalue weighted by atomic mass is 9.85. The smallest absolute Gasteiger partial charge is 0.339 e. The number of β-lactam (4-membered cyclic amide) rings is 1. The minimum atomic E-state index is -1.21. The number of aliphatic hydroxyl groups excluding tert-OH is 1. The molecule has 1 N–H and O–H groups in total. The van der Waals surface area contributed by atoms with Crippen LogP contribution in [0.2, 0.25) is 0 Å². The molecule has 0 radical (unpaired) electrons. The molecule has 7 heteroatoms. The third-order valence-electron chi connectivity index (χ3n) is 3.21. The van der Waals surface area contributed by atoms with E-state index in [2.05, 4.69) is 9.47 Å². The monoisotopic (exact) mass is 255 g/mol. The van der Waals surface area contributed by atoms with E-state index in [1.165, 1.54) is 4.90 Å². The minimum Gasteiger partial charge on any atom is -0.512 e. The van der Waals surface area contributed by atoms with E-state index in [1.807, 2.05) is 0 Å². The highest BCUT2D eigenvalue weighted by Crippen LogP contribution is 2.36. The fraction of sp³-hybridized carbons (Fsp3) is 0.545. The topological polar surface area (TPSA) is 93.1 Å². The third kappa shape index (κ3) is 1.62. The molecule has 2 unspecified atom stereocenters. The second-order valence-corrected chi connectivity index (χ2v) is 4.14. The lowest BCUT2D eigenvalue weighted by Crippen LogP contribution is -2.63. The van der Waals surface area contributed by atoms with E-state index in [1.54, 1.807) is 0 Å². The second kappa shape index (κ2) is 4.32. The predicted octanol–water partition coefficient (Wildman–Crippen LogP) is -0.482.